The number of thiophene rings is 1. The molecule has 0 atom stereocenters. The van der Waals surface area contributed by atoms with Crippen LogP contribution in [0.25, 0.3) is 17.1 Å². The normalized spacial score (nSPS) is 11.5. The number of rotatable bonds is 2. The number of hydrogen-bond donors (Lipinski definition) is 0. The zero-order chi connectivity index (χ0) is 17.5. The number of alkyl halides is 3. The van der Waals surface area contributed by atoms with Crippen molar-refractivity contribution in [3.63, 3.8) is 0 Å². The van der Waals surface area contributed by atoms with Gasteiger partial charge in [0.15, 0.2) is 5.69 Å². The lowest BCUT2D eigenvalue weighted by atomic mass is 10.2. The Morgan fingerprint density at radius 2 is 1.83 bits per heavy atom. The van der Waals surface area contributed by atoms with Gasteiger partial charge in [0.25, 0.3) is 0 Å². The molecule has 2 aromatic heterocycles. The molecule has 0 saturated carbocycles. The first-order chi connectivity index (χ1) is 11.3. The van der Waals surface area contributed by atoms with E-state index in [1.54, 1.807) is 0 Å². The van der Waals surface area contributed by atoms with Crippen molar-refractivity contribution in [2.24, 2.45) is 0 Å². The minimum absolute atomic E-state index is 0.0279. The van der Waals surface area contributed by atoms with Crippen molar-refractivity contribution in [3.05, 3.63) is 56.5 Å². The number of benzene rings is 1. The SMILES string of the molecule is N#Cc1ccc(-n2cc(C(F)(F)F)nc2-c2cc(Cl)sc2Cl)cc1. The maximum Gasteiger partial charge on any atom is 0.434 e. The molecule has 0 aliphatic carbocycles. The summed E-state index contributed by atoms with van der Waals surface area (Å²) in [4.78, 5) is 3.68. The summed E-state index contributed by atoms with van der Waals surface area (Å²) in [6.45, 7) is 0. The molecule has 0 bridgehead atoms. The smallest absolute Gasteiger partial charge is 0.299 e. The molecular weight excluding hydrogens is 382 g/mol. The van der Waals surface area contributed by atoms with Crippen molar-refractivity contribution >= 4 is 34.5 Å². The van der Waals surface area contributed by atoms with E-state index in [9.17, 15) is 13.2 Å². The largest absolute Gasteiger partial charge is 0.434 e. The number of nitrogens with zero attached hydrogens (tertiary/aromatic N) is 3. The lowest BCUT2D eigenvalue weighted by molar-refractivity contribution is -0.140. The molecule has 0 fully saturated rings. The maximum absolute atomic E-state index is 13.1. The zero-order valence-electron chi connectivity index (χ0n) is 11.6. The second kappa shape index (κ2) is 6.13. The summed E-state index contributed by atoms with van der Waals surface area (Å²) in [7, 11) is 0. The van der Waals surface area contributed by atoms with Gasteiger partial charge in [0.05, 0.1) is 16.0 Å². The molecule has 0 aliphatic rings. The Labute approximate surface area is 148 Å². The Kier molecular flexibility index (Phi) is 4.30. The Bertz CT molecular complexity index is 937. The summed E-state index contributed by atoms with van der Waals surface area (Å²) in [6, 6.07) is 9.51. The van der Waals surface area contributed by atoms with E-state index in [0.29, 0.717) is 21.2 Å². The van der Waals surface area contributed by atoms with Crippen molar-refractivity contribution in [2.75, 3.05) is 0 Å². The molecule has 9 heteroatoms. The molecule has 0 saturated heterocycles. The Morgan fingerprint density at radius 3 is 2.33 bits per heavy atom. The van der Waals surface area contributed by atoms with E-state index in [4.69, 9.17) is 28.5 Å². The third kappa shape index (κ3) is 3.13. The Morgan fingerprint density at radius 1 is 1.17 bits per heavy atom. The fraction of sp³-hybridized carbons (Fsp3) is 0.0667. The molecule has 3 rings (SSSR count). The molecule has 3 nitrogen and oxygen atoms in total. The van der Waals surface area contributed by atoms with Crippen LogP contribution in [0.2, 0.25) is 8.67 Å². The van der Waals surface area contributed by atoms with Crippen LogP contribution in [-0.4, -0.2) is 9.55 Å². The summed E-state index contributed by atoms with van der Waals surface area (Å²) in [5.74, 6) is 0.0279. The molecule has 0 radical (unpaired) electrons. The van der Waals surface area contributed by atoms with Gasteiger partial charge in [-0.15, -0.1) is 11.3 Å². The highest BCUT2D eigenvalue weighted by Gasteiger charge is 2.35. The van der Waals surface area contributed by atoms with E-state index in [1.807, 2.05) is 6.07 Å². The zero-order valence-corrected chi connectivity index (χ0v) is 13.9. The van der Waals surface area contributed by atoms with Gasteiger partial charge in [-0.2, -0.15) is 18.4 Å². The molecule has 3 aromatic rings. The monoisotopic (exact) mass is 387 g/mol. The second-order valence-electron chi connectivity index (χ2n) is 4.71. The first-order valence-electron chi connectivity index (χ1n) is 6.42. The van der Waals surface area contributed by atoms with Crippen molar-refractivity contribution in [2.45, 2.75) is 6.18 Å². The van der Waals surface area contributed by atoms with E-state index in [1.165, 1.54) is 34.9 Å². The summed E-state index contributed by atoms with van der Waals surface area (Å²) in [5, 5.41) is 8.83. The van der Waals surface area contributed by atoms with Crippen LogP contribution in [0.5, 0.6) is 0 Å². The van der Waals surface area contributed by atoms with Gasteiger partial charge in [-0.05, 0) is 30.3 Å². The van der Waals surface area contributed by atoms with E-state index in [2.05, 4.69) is 4.98 Å². The topological polar surface area (TPSA) is 41.6 Å². The van der Waals surface area contributed by atoms with Crippen molar-refractivity contribution in [1.29, 1.82) is 5.26 Å². The Hall–Kier alpha value is -2.01. The van der Waals surface area contributed by atoms with Gasteiger partial charge < -0.3 is 0 Å². The van der Waals surface area contributed by atoms with E-state index >= 15 is 0 Å². The van der Waals surface area contributed by atoms with Gasteiger partial charge in [-0.25, -0.2) is 4.98 Å². The number of hydrogen-bond acceptors (Lipinski definition) is 3. The average molecular weight is 388 g/mol. The summed E-state index contributed by atoms with van der Waals surface area (Å²) >= 11 is 13.0. The van der Waals surface area contributed by atoms with Crippen LogP contribution in [0.1, 0.15) is 11.3 Å². The first-order valence-corrected chi connectivity index (χ1v) is 7.99. The lowest BCUT2D eigenvalue weighted by Gasteiger charge is -2.07. The lowest BCUT2D eigenvalue weighted by Crippen LogP contribution is -2.04. The third-order valence-electron chi connectivity index (χ3n) is 3.17. The molecule has 0 unspecified atom stereocenters. The molecule has 24 heavy (non-hydrogen) atoms. The Balaban J connectivity index is 2.21. The van der Waals surface area contributed by atoms with Gasteiger partial charge in [-0.3, -0.25) is 4.57 Å². The van der Waals surface area contributed by atoms with Gasteiger partial charge in [0.2, 0.25) is 0 Å². The molecular formula is C15H6Cl2F3N3S. The minimum atomic E-state index is -4.60. The van der Waals surface area contributed by atoms with Crippen molar-refractivity contribution in [3.8, 4) is 23.1 Å². The van der Waals surface area contributed by atoms with Crippen LogP contribution < -0.4 is 0 Å². The van der Waals surface area contributed by atoms with Gasteiger partial charge in [0, 0.05) is 17.4 Å². The molecule has 0 spiro atoms. The number of nitriles is 1. The predicted molar refractivity (Wildman–Crippen MR) is 86.6 cm³/mol. The molecule has 0 amide bonds. The molecule has 0 N–H and O–H groups in total. The fourth-order valence-electron chi connectivity index (χ4n) is 2.09. The highest BCUT2D eigenvalue weighted by Crippen LogP contribution is 2.40. The van der Waals surface area contributed by atoms with Crippen molar-refractivity contribution < 1.29 is 13.2 Å². The summed E-state index contributed by atoms with van der Waals surface area (Å²) in [6.07, 6.45) is -3.71. The van der Waals surface area contributed by atoms with Crippen LogP contribution >= 0.6 is 34.5 Å². The van der Waals surface area contributed by atoms with E-state index < -0.39 is 11.9 Å². The predicted octanol–water partition coefficient (Wildman–Crippen LogP) is 5.80. The highest BCUT2D eigenvalue weighted by atomic mass is 35.5. The summed E-state index contributed by atoms with van der Waals surface area (Å²) in [5.41, 5.74) is 0.0882. The van der Waals surface area contributed by atoms with Gasteiger partial charge in [0.1, 0.15) is 10.2 Å². The second-order valence-corrected chi connectivity index (χ2v) is 7.00. The summed E-state index contributed by atoms with van der Waals surface area (Å²) < 4.78 is 41.0. The van der Waals surface area contributed by atoms with Crippen molar-refractivity contribution in [1.82, 2.24) is 9.55 Å². The molecule has 2 heterocycles. The number of aromatic nitrogens is 2. The van der Waals surface area contributed by atoms with Gasteiger partial charge in [-0.1, -0.05) is 23.2 Å². The fourth-order valence-corrected chi connectivity index (χ4v) is 3.55. The minimum Gasteiger partial charge on any atom is -0.299 e. The van der Waals surface area contributed by atoms with Crippen LogP contribution in [0.15, 0.2) is 36.5 Å². The third-order valence-corrected chi connectivity index (χ3v) is 4.66. The van der Waals surface area contributed by atoms with Crippen LogP contribution in [-0.2, 0) is 6.18 Å². The number of imidazole rings is 1. The standard InChI is InChI=1S/C15H6Cl2F3N3S/c16-12-5-10(13(17)24-12)14-22-11(15(18,19)20)7-23(14)9-3-1-8(6-21)2-4-9/h1-5,7H. The molecule has 1 aromatic carbocycles. The average Bonchev–Trinajstić information content (AvgIpc) is 3.10. The molecule has 122 valence electrons. The van der Waals surface area contributed by atoms with E-state index in [0.717, 1.165) is 17.5 Å². The maximum atomic E-state index is 13.1. The highest BCUT2D eigenvalue weighted by molar-refractivity contribution is 7.20. The van der Waals surface area contributed by atoms with Gasteiger partial charge >= 0.3 is 6.18 Å². The number of halogens is 5. The van der Waals surface area contributed by atoms with Crippen LogP contribution in [0, 0.1) is 11.3 Å². The quantitative estimate of drug-likeness (QED) is 0.557. The van der Waals surface area contributed by atoms with E-state index in [-0.39, 0.29) is 10.2 Å². The van der Waals surface area contributed by atoms with Crippen LogP contribution in [0.3, 0.4) is 0 Å². The van der Waals surface area contributed by atoms with Crippen LogP contribution in [0.4, 0.5) is 13.2 Å². The first kappa shape index (κ1) is 16.8. The molecule has 0 aliphatic heterocycles.